The fourth-order valence-electron chi connectivity index (χ4n) is 3.32. The van der Waals surface area contributed by atoms with Crippen molar-refractivity contribution in [1.82, 2.24) is 14.7 Å². The van der Waals surface area contributed by atoms with E-state index in [2.05, 4.69) is 5.10 Å². The topological polar surface area (TPSA) is 58.4 Å². The molecule has 1 aromatic heterocycles. The Bertz CT molecular complexity index is 903. The Balaban J connectivity index is 1.75. The summed E-state index contributed by atoms with van der Waals surface area (Å²) in [5, 5.41) is 5.00. The maximum absolute atomic E-state index is 12.7. The Hall–Kier alpha value is -2.05. The van der Waals surface area contributed by atoms with Crippen LogP contribution in [0.25, 0.3) is 5.69 Å². The van der Waals surface area contributed by atoms with Gasteiger partial charge < -0.3 is 9.80 Å². The molecule has 1 fully saturated rings. The van der Waals surface area contributed by atoms with Crippen LogP contribution in [0.1, 0.15) is 26.7 Å². The SMILES string of the molecule is CC(C)N(C)C(=O)C1CCN(c2cnn(-c3ccc(Cl)cc3)c(=O)c2Cl)CC1. The molecule has 0 unspecified atom stereocenters. The van der Waals surface area contributed by atoms with Gasteiger partial charge in [-0.2, -0.15) is 9.78 Å². The second kappa shape index (κ2) is 8.53. The van der Waals surface area contributed by atoms with Gasteiger partial charge in [-0.1, -0.05) is 23.2 Å². The Labute approximate surface area is 174 Å². The first kappa shape index (κ1) is 20.7. The number of carbonyl (C=O) groups excluding carboxylic acids is 1. The molecule has 1 aromatic carbocycles. The van der Waals surface area contributed by atoms with E-state index in [1.807, 2.05) is 25.8 Å². The summed E-state index contributed by atoms with van der Waals surface area (Å²) in [7, 11) is 1.84. The van der Waals surface area contributed by atoms with E-state index in [1.54, 1.807) is 35.4 Å². The van der Waals surface area contributed by atoms with Gasteiger partial charge in [-0.25, -0.2) is 0 Å². The average Bonchev–Trinajstić information content (AvgIpc) is 2.70. The van der Waals surface area contributed by atoms with Crippen LogP contribution in [0, 0.1) is 5.92 Å². The molecule has 0 atom stereocenters. The molecular weight excluding hydrogens is 399 g/mol. The largest absolute Gasteiger partial charge is 0.369 e. The summed E-state index contributed by atoms with van der Waals surface area (Å²) in [5.41, 5.74) is 0.836. The van der Waals surface area contributed by atoms with Crippen LogP contribution in [0.5, 0.6) is 0 Å². The predicted octanol–water partition coefficient (Wildman–Crippen LogP) is 3.62. The number of carbonyl (C=O) groups is 1. The summed E-state index contributed by atoms with van der Waals surface area (Å²) in [6.45, 7) is 5.34. The summed E-state index contributed by atoms with van der Waals surface area (Å²) in [4.78, 5) is 29.1. The van der Waals surface area contributed by atoms with Gasteiger partial charge in [0.25, 0.3) is 5.56 Å². The quantitative estimate of drug-likeness (QED) is 0.754. The monoisotopic (exact) mass is 422 g/mol. The van der Waals surface area contributed by atoms with E-state index in [-0.39, 0.29) is 28.4 Å². The molecule has 1 aliphatic rings. The number of benzene rings is 1. The van der Waals surface area contributed by atoms with E-state index in [0.717, 1.165) is 12.8 Å². The smallest absolute Gasteiger partial charge is 0.292 e. The molecule has 6 nitrogen and oxygen atoms in total. The molecule has 2 aromatic rings. The zero-order valence-electron chi connectivity index (χ0n) is 16.2. The molecule has 0 N–H and O–H groups in total. The zero-order valence-corrected chi connectivity index (χ0v) is 17.7. The van der Waals surface area contributed by atoms with Crippen molar-refractivity contribution in [2.45, 2.75) is 32.7 Å². The number of hydrogen-bond acceptors (Lipinski definition) is 4. The highest BCUT2D eigenvalue weighted by Gasteiger charge is 2.29. The highest BCUT2D eigenvalue weighted by atomic mass is 35.5. The lowest BCUT2D eigenvalue weighted by molar-refractivity contribution is -0.136. The Morgan fingerprint density at radius 2 is 1.79 bits per heavy atom. The maximum atomic E-state index is 12.7. The minimum atomic E-state index is -0.376. The van der Waals surface area contributed by atoms with E-state index in [1.165, 1.54) is 4.68 Å². The molecular formula is C20H24Cl2N4O2. The number of hydrogen-bond donors (Lipinski definition) is 0. The Morgan fingerprint density at radius 1 is 1.18 bits per heavy atom. The fraction of sp³-hybridized carbons (Fsp3) is 0.450. The van der Waals surface area contributed by atoms with Gasteiger partial charge in [-0.05, 0) is 51.0 Å². The predicted molar refractivity (Wildman–Crippen MR) is 113 cm³/mol. The van der Waals surface area contributed by atoms with Gasteiger partial charge in [-0.3, -0.25) is 9.59 Å². The summed E-state index contributed by atoms with van der Waals surface area (Å²) in [6.07, 6.45) is 3.07. The summed E-state index contributed by atoms with van der Waals surface area (Å²) in [5.74, 6) is 0.182. The third-order valence-corrected chi connectivity index (χ3v) is 5.89. The molecule has 8 heteroatoms. The van der Waals surface area contributed by atoms with Gasteiger partial charge in [0, 0.05) is 37.1 Å². The lowest BCUT2D eigenvalue weighted by atomic mass is 9.94. The van der Waals surface area contributed by atoms with Crippen molar-refractivity contribution in [1.29, 1.82) is 0 Å². The highest BCUT2D eigenvalue weighted by molar-refractivity contribution is 6.33. The standard InChI is InChI=1S/C20H24Cl2N4O2/c1-13(2)24(3)19(27)14-8-10-25(11-9-14)17-12-23-26(20(28)18(17)22)16-6-4-15(21)5-7-16/h4-7,12-14H,8-11H2,1-3H3. The first-order chi connectivity index (χ1) is 13.3. The van der Waals surface area contributed by atoms with E-state index in [0.29, 0.717) is 29.5 Å². The molecule has 0 aliphatic carbocycles. The third kappa shape index (κ3) is 4.18. The molecule has 1 aliphatic heterocycles. The molecule has 0 radical (unpaired) electrons. The van der Waals surface area contributed by atoms with E-state index in [4.69, 9.17) is 23.2 Å². The number of piperidine rings is 1. The van der Waals surface area contributed by atoms with Crippen molar-refractivity contribution < 1.29 is 4.79 Å². The number of halogens is 2. The summed E-state index contributed by atoms with van der Waals surface area (Å²) >= 11 is 12.3. The molecule has 0 bridgehead atoms. The first-order valence-electron chi connectivity index (χ1n) is 9.35. The Kier molecular flexibility index (Phi) is 6.30. The van der Waals surface area contributed by atoms with E-state index < -0.39 is 0 Å². The van der Waals surface area contributed by atoms with Crippen LogP contribution in [0.4, 0.5) is 5.69 Å². The lowest BCUT2D eigenvalue weighted by Gasteiger charge is -2.35. The van der Waals surface area contributed by atoms with Crippen molar-refractivity contribution in [3.63, 3.8) is 0 Å². The number of anilines is 1. The van der Waals surface area contributed by atoms with Crippen LogP contribution in [-0.4, -0.2) is 46.8 Å². The van der Waals surface area contributed by atoms with Crippen molar-refractivity contribution in [3.8, 4) is 5.69 Å². The second-order valence-electron chi connectivity index (χ2n) is 7.34. The second-order valence-corrected chi connectivity index (χ2v) is 8.16. The third-order valence-electron chi connectivity index (χ3n) is 5.28. The van der Waals surface area contributed by atoms with Crippen LogP contribution in [-0.2, 0) is 4.79 Å². The number of nitrogens with zero attached hydrogens (tertiary/aromatic N) is 4. The van der Waals surface area contributed by atoms with Crippen LogP contribution in [0.3, 0.4) is 0 Å². The lowest BCUT2D eigenvalue weighted by Crippen LogP contribution is -2.43. The molecule has 3 rings (SSSR count). The molecule has 0 saturated carbocycles. The van der Waals surface area contributed by atoms with Gasteiger partial charge in [-0.15, -0.1) is 0 Å². The van der Waals surface area contributed by atoms with Gasteiger partial charge in [0.15, 0.2) is 0 Å². The van der Waals surface area contributed by atoms with Crippen molar-refractivity contribution in [2.75, 3.05) is 25.0 Å². The molecule has 28 heavy (non-hydrogen) atoms. The van der Waals surface area contributed by atoms with Crippen molar-refractivity contribution >= 4 is 34.8 Å². The molecule has 0 spiro atoms. The zero-order chi connectivity index (χ0) is 20.4. The number of amides is 1. The fourth-order valence-corrected chi connectivity index (χ4v) is 3.69. The highest BCUT2D eigenvalue weighted by Crippen LogP contribution is 2.28. The molecule has 1 saturated heterocycles. The van der Waals surface area contributed by atoms with Crippen LogP contribution in [0.15, 0.2) is 35.3 Å². The number of rotatable bonds is 4. The Morgan fingerprint density at radius 3 is 2.36 bits per heavy atom. The molecule has 1 amide bonds. The van der Waals surface area contributed by atoms with Crippen LogP contribution < -0.4 is 10.5 Å². The molecule has 2 heterocycles. The van der Waals surface area contributed by atoms with Gasteiger partial charge in [0.2, 0.25) is 5.91 Å². The maximum Gasteiger partial charge on any atom is 0.292 e. The van der Waals surface area contributed by atoms with E-state index >= 15 is 0 Å². The minimum Gasteiger partial charge on any atom is -0.369 e. The summed E-state index contributed by atoms with van der Waals surface area (Å²) in [6, 6.07) is 7.01. The van der Waals surface area contributed by atoms with Gasteiger partial charge in [0.05, 0.1) is 17.6 Å². The normalized spacial score (nSPS) is 15.1. The van der Waals surface area contributed by atoms with Crippen molar-refractivity contribution in [3.05, 3.63) is 50.9 Å². The van der Waals surface area contributed by atoms with Gasteiger partial charge >= 0.3 is 0 Å². The molecule has 150 valence electrons. The minimum absolute atomic E-state index is 0.00446. The number of aromatic nitrogens is 2. The summed E-state index contributed by atoms with van der Waals surface area (Å²) < 4.78 is 1.26. The van der Waals surface area contributed by atoms with Crippen LogP contribution >= 0.6 is 23.2 Å². The van der Waals surface area contributed by atoms with E-state index in [9.17, 15) is 9.59 Å². The average molecular weight is 423 g/mol. The first-order valence-corrected chi connectivity index (χ1v) is 10.1. The van der Waals surface area contributed by atoms with Crippen molar-refractivity contribution in [2.24, 2.45) is 5.92 Å². The van der Waals surface area contributed by atoms with Gasteiger partial charge in [0.1, 0.15) is 5.02 Å². The van der Waals surface area contributed by atoms with Crippen LogP contribution in [0.2, 0.25) is 10.0 Å².